The number of piperazine rings is 1. The first-order valence-electron chi connectivity index (χ1n) is 20.2. The standard InChI is InChI=1S/C45H47F2N5O6/c1-57-32-4-2-3-28(19-32)35-26-58-41-22-31(53)6-7-33(41)43(35)29-5-8-38(36(46)20-29)50-13-11-27(12-14-50)24-49-15-17-51(18-16-49)40-21-30-25-52(45(56)34(30)23-37(40)47)39-9-10-42(54)48-44(39)55/h2-8,19-23,27,35,39,43,53H,9-18,24-26H2,1H3,(H,48,54,55)/t35?,39?,43-/m1/s1. The summed E-state index contributed by atoms with van der Waals surface area (Å²) >= 11 is 0. The predicted molar refractivity (Wildman–Crippen MR) is 214 cm³/mol. The molecule has 5 heterocycles. The first kappa shape index (κ1) is 37.9. The van der Waals surface area contributed by atoms with Gasteiger partial charge in [-0.1, -0.05) is 24.3 Å². The summed E-state index contributed by atoms with van der Waals surface area (Å²) in [6.07, 6.45) is 2.30. The van der Waals surface area contributed by atoms with E-state index in [4.69, 9.17) is 9.47 Å². The third kappa shape index (κ3) is 7.20. The molecule has 0 saturated carbocycles. The summed E-state index contributed by atoms with van der Waals surface area (Å²) in [7, 11) is 1.64. The van der Waals surface area contributed by atoms with Gasteiger partial charge in [-0.2, -0.15) is 0 Å². The van der Waals surface area contributed by atoms with E-state index in [0.717, 1.165) is 68.0 Å². The summed E-state index contributed by atoms with van der Waals surface area (Å²) in [5, 5.41) is 12.5. The number of carbonyl (C=O) groups is 3. The van der Waals surface area contributed by atoms with Crippen LogP contribution >= 0.6 is 0 Å². The fourth-order valence-corrected chi connectivity index (χ4v) is 9.65. The van der Waals surface area contributed by atoms with Gasteiger partial charge in [-0.25, -0.2) is 8.78 Å². The third-order valence-electron chi connectivity index (χ3n) is 12.8. The van der Waals surface area contributed by atoms with Gasteiger partial charge in [0, 0.05) is 87.8 Å². The second kappa shape index (κ2) is 15.6. The Hall–Kier alpha value is -5.69. The molecule has 0 aliphatic carbocycles. The number of ether oxygens (including phenoxy) is 2. The predicted octanol–water partition coefficient (Wildman–Crippen LogP) is 5.79. The lowest BCUT2D eigenvalue weighted by Gasteiger charge is -2.40. The average molecular weight is 792 g/mol. The van der Waals surface area contributed by atoms with E-state index in [0.29, 0.717) is 48.3 Å². The highest BCUT2D eigenvalue weighted by atomic mass is 19.1. The highest BCUT2D eigenvalue weighted by Gasteiger charge is 2.40. The van der Waals surface area contributed by atoms with E-state index in [1.54, 1.807) is 31.4 Å². The second-order valence-electron chi connectivity index (χ2n) is 16.2. The first-order valence-corrected chi connectivity index (χ1v) is 20.2. The van der Waals surface area contributed by atoms with Gasteiger partial charge in [0.25, 0.3) is 5.91 Å². The van der Waals surface area contributed by atoms with E-state index in [9.17, 15) is 19.5 Å². The van der Waals surface area contributed by atoms with Gasteiger partial charge in [-0.15, -0.1) is 0 Å². The minimum absolute atomic E-state index is 0.0917. The van der Waals surface area contributed by atoms with E-state index in [1.165, 1.54) is 11.0 Å². The van der Waals surface area contributed by atoms with Crippen LogP contribution in [0.15, 0.2) is 72.8 Å². The number of amides is 3. The van der Waals surface area contributed by atoms with Crippen LogP contribution in [0.25, 0.3) is 0 Å². The molecule has 11 nitrogen and oxygen atoms in total. The summed E-state index contributed by atoms with van der Waals surface area (Å²) in [6, 6.07) is 20.9. The highest BCUT2D eigenvalue weighted by molar-refractivity contribution is 6.05. The van der Waals surface area contributed by atoms with Crippen LogP contribution in [0.3, 0.4) is 0 Å². The number of nitrogens with zero attached hydrogens (tertiary/aromatic N) is 4. The van der Waals surface area contributed by atoms with Crippen LogP contribution in [0.4, 0.5) is 20.2 Å². The van der Waals surface area contributed by atoms with Crippen molar-refractivity contribution in [2.75, 3.05) is 69.3 Å². The summed E-state index contributed by atoms with van der Waals surface area (Å²) in [5.74, 6) is -0.267. The highest BCUT2D eigenvalue weighted by Crippen LogP contribution is 2.48. The number of phenols is 1. The van der Waals surface area contributed by atoms with Gasteiger partial charge in [0.15, 0.2) is 0 Å². The van der Waals surface area contributed by atoms with Crippen molar-refractivity contribution in [3.8, 4) is 17.2 Å². The molecule has 5 aliphatic heterocycles. The van der Waals surface area contributed by atoms with E-state index in [2.05, 4.69) is 15.1 Å². The molecule has 2 unspecified atom stereocenters. The molecule has 4 aromatic rings. The van der Waals surface area contributed by atoms with Crippen molar-refractivity contribution in [2.24, 2.45) is 5.92 Å². The van der Waals surface area contributed by atoms with Crippen LogP contribution in [0, 0.1) is 17.6 Å². The Morgan fingerprint density at radius 1 is 0.828 bits per heavy atom. The van der Waals surface area contributed by atoms with Gasteiger partial charge < -0.3 is 29.3 Å². The molecule has 0 aromatic heterocycles. The molecule has 0 spiro atoms. The number of halogens is 2. The molecule has 3 amide bonds. The summed E-state index contributed by atoms with van der Waals surface area (Å²) in [5.41, 5.74) is 4.82. The van der Waals surface area contributed by atoms with Gasteiger partial charge >= 0.3 is 0 Å². The summed E-state index contributed by atoms with van der Waals surface area (Å²) in [4.78, 5) is 45.3. The van der Waals surface area contributed by atoms with Gasteiger partial charge in [0.2, 0.25) is 11.8 Å². The van der Waals surface area contributed by atoms with Crippen molar-refractivity contribution in [2.45, 2.75) is 50.1 Å². The SMILES string of the molecule is COc1cccc(C2COc3cc(O)ccc3[C@H]2c2ccc(N3CCC(CN4CCN(c5cc6c(cc5F)C(=O)N(C5CCC(=O)NC5=O)C6)CC4)CC3)c(F)c2)c1. The van der Waals surface area contributed by atoms with E-state index < -0.39 is 17.8 Å². The smallest absolute Gasteiger partial charge is 0.255 e. The zero-order valence-electron chi connectivity index (χ0n) is 32.5. The fraction of sp³-hybridized carbons (Fsp3) is 0.400. The molecule has 58 heavy (non-hydrogen) atoms. The first-order chi connectivity index (χ1) is 28.1. The molecule has 4 aromatic carbocycles. The zero-order valence-corrected chi connectivity index (χ0v) is 32.5. The Morgan fingerprint density at radius 2 is 1.60 bits per heavy atom. The molecular weight excluding hydrogens is 745 g/mol. The molecule has 5 aliphatic rings. The molecule has 13 heteroatoms. The van der Waals surface area contributed by atoms with E-state index >= 15 is 8.78 Å². The average Bonchev–Trinajstić information content (AvgIpc) is 3.54. The van der Waals surface area contributed by atoms with Crippen molar-refractivity contribution in [3.63, 3.8) is 0 Å². The molecule has 0 radical (unpaired) electrons. The Kier molecular flexibility index (Phi) is 10.2. The number of methoxy groups -OCH3 is 1. The number of anilines is 2. The van der Waals surface area contributed by atoms with Crippen LogP contribution in [0.2, 0.25) is 0 Å². The van der Waals surface area contributed by atoms with Crippen LogP contribution in [0.5, 0.6) is 17.2 Å². The number of carbonyl (C=O) groups excluding carboxylic acids is 3. The fourth-order valence-electron chi connectivity index (χ4n) is 9.65. The number of phenolic OH excluding ortho intramolecular Hbond substituents is 1. The van der Waals surface area contributed by atoms with Crippen LogP contribution in [0.1, 0.15) is 70.1 Å². The topological polar surface area (TPSA) is 115 Å². The molecule has 0 bridgehead atoms. The molecule has 3 saturated heterocycles. The van der Waals surface area contributed by atoms with Crippen LogP contribution in [-0.2, 0) is 16.1 Å². The lowest BCUT2D eigenvalue weighted by Crippen LogP contribution is -2.52. The largest absolute Gasteiger partial charge is 0.508 e. The lowest BCUT2D eigenvalue weighted by molar-refractivity contribution is -0.136. The molecule has 302 valence electrons. The molecule has 3 fully saturated rings. The Labute approximate surface area is 336 Å². The van der Waals surface area contributed by atoms with Gasteiger partial charge in [-0.3, -0.25) is 24.6 Å². The van der Waals surface area contributed by atoms with E-state index in [1.807, 2.05) is 47.4 Å². The molecule has 2 N–H and O–H groups in total. The second-order valence-corrected chi connectivity index (χ2v) is 16.2. The number of benzene rings is 4. The Morgan fingerprint density at radius 3 is 2.36 bits per heavy atom. The number of hydrogen-bond donors (Lipinski definition) is 2. The minimum atomic E-state index is -0.739. The maximum atomic E-state index is 16.2. The maximum absolute atomic E-state index is 16.2. The van der Waals surface area contributed by atoms with Crippen molar-refractivity contribution in [1.82, 2.24) is 15.1 Å². The number of fused-ring (bicyclic) bond motifs is 2. The number of nitrogens with one attached hydrogen (secondary N) is 1. The third-order valence-corrected chi connectivity index (χ3v) is 12.8. The summed E-state index contributed by atoms with van der Waals surface area (Å²) in [6.45, 7) is 5.86. The molecule has 3 atom stereocenters. The number of aromatic hydroxyl groups is 1. The van der Waals surface area contributed by atoms with Crippen LogP contribution in [-0.4, -0.2) is 98.2 Å². The van der Waals surface area contributed by atoms with Gasteiger partial charge in [0.1, 0.15) is 34.9 Å². The number of rotatable bonds is 8. The van der Waals surface area contributed by atoms with Gasteiger partial charge in [0.05, 0.1) is 25.1 Å². The quantitative estimate of drug-likeness (QED) is 0.214. The summed E-state index contributed by atoms with van der Waals surface area (Å²) < 4.78 is 43.3. The molecular formula is C45H47F2N5O6. The number of hydrogen-bond acceptors (Lipinski definition) is 9. The number of piperidine rings is 2. The monoisotopic (exact) mass is 791 g/mol. The van der Waals surface area contributed by atoms with Crippen molar-refractivity contribution in [3.05, 3.63) is 112 Å². The molecule has 9 rings (SSSR count). The number of imide groups is 1. The lowest BCUT2D eigenvalue weighted by atomic mass is 9.75. The van der Waals surface area contributed by atoms with E-state index in [-0.39, 0.29) is 60.2 Å². The zero-order chi connectivity index (χ0) is 40.1. The van der Waals surface area contributed by atoms with Crippen molar-refractivity contribution in [1.29, 1.82) is 0 Å². The van der Waals surface area contributed by atoms with Crippen molar-refractivity contribution < 1.29 is 37.7 Å². The Bertz CT molecular complexity index is 2250. The normalized spacial score (nSPS) is 22.7. The maximum Gasteiger partial charge on any atom is 0.255 e. The van der Waals surface area contributed by atoms with Crippen molar-refractivity contribution >= 4 is 29.1 Å². The van der Waals surface area contributed by atoms with Gasteiger partial charge in [-0.05, 0) is 84.3 Å². The van der Waals surface area contributed by atoms with Crippen LogP contribution < -0.4 is 24.6 Å². The Balaban J connectivity index is 0.811. The minimum Gasteiger partial charge on any atom is -0.508 e.